The van der Waals surface area contributed by atoms with E-state index < -0.39 is 0 Å². The van der Waals surface area contributed by atoms with Gasteiger partial charge in [0.15, 0.2) is 11.6 Å². The lowest BCUT2D eigenvalue weighted by Crippen LogP contribution is -2.71. The molecule has 234 valence electrons. The van der Waals surface area contributed by atoms with Crippen molar-refractivity contribution in [3.05, 3.63) is 157 Å². The van der Waals surface area contributed by atoms with Crippen LogP contribution in [0, 0.1) is 17.8 Å². The second-order valence-electron chi connectivity index (χ2n) is 14.0. The quantitative estimate of drug-likeness (QED) is 0.176. The normalized spacial score (nSPS) is 21.5. The Bertz CT molecular complexity index is 2250. The van der Waals surface area contributed by atoms with Crippen molar-refractivity contribution in [1.82, 2.24) is 19.9 Å². The molecule has 3 aliphatic carbocycles. The zero-order chi connectivity index (χ0) is 32.4. The Morgan fingerprint density at radius 3 is 1.24 bits per heavy atom. The van der Waals surface area contributed by atoms with Crippen LogP contribution in [0.25, 0.3) is 67.8 Å². The van der Waals surface area contributed by atoms with Gasteiger partial charge < -0.3 is 0 Å². The summed E-state index contributed by atoms with van der Waals surface area (Å²) >= 11 is 0. The van der Waals surface area contributed by atoms with Crippen LogP contribution in [0.4, 0.5) is 0 Å². The smallest absolute Gasteiger partial charge is 0.160 e. The molecule has 3 fully saturated rings. The summed E-state index contributed by atoms with van der Waals surface area (Å²) in [7, 11) is 0. The Morgan fingerprint density at radius 2 is 0.796 bits per heavy atom. The fourth-order valence-electron chi connectivity index (χ4n) is 8.92. The minimum Gasteiger partial charge on any atom is -0.228 e. The summed E-state index contributed by atoms with van der Waals surface area (Å²) in [5.41, 5.74) is 11.8. The molecule has 2 heterocycles. The largest absolute Gasteiger partial charge is 0.228 e. The molecular weight excluding hydrogens is 597 g/mol. The van der Waals surface area contributed by atoms with Gasteiger partial charge in [0.25, 0.3) is 0 Å². The Hall–Kier alpha value is -5.74. The minimum atomic E-state index is 0.402. The first kappa shape index (κ1) is 28.3. The molecule has 0 saturated heterocycles. The van der Waals surface area contributed by atoms with Crippen LogP contribution in [0.2, 0.25) is 0 Å². The van der Waals surface area contributed by atoms with Crippen molar-refractivity contribution in [1.29, 1.82) is 0 Å². The van der Waals surface area contributed by atoms with Crippen molar-refractivity contribution in [2.75, 3.05) is 0 Å². The fraction of sp³-hybridized carbons (Fsp3) is 0.156. The third kappa shape index (κ3) is 4.74. The summed E-state index contributed by atoms with van der Waals surface area (Å²) in [6, 6.07) is 52.8. The average molecular weight is 631 g/mol. The van der Waals surface area contributed by atoms with Crippen LogP contribution >= 0.6 is 0 Å². The molecule has 5 aromatic carbocycles. The third-order valence-electron chi connectivity index (χ3n) is 11.3. The Labute approximate surface area is 286 Å². The molecule has 4 heteroatoms. The molecule has 0 amide bonds. The van der Waals surface area contributed by atoms with Gasteiger partial charge in [-0.2, -0.15) is 0 Å². The van der Waals surface area contributed by atoms with Gasteiger partial charge in [-0.1, -0.05) is 133 Å². The van der Waals surface area contributed by atoms with Gasteiger partial charge >= 0.3 is 0 Å². The number of hydrogen-bond donors (Lipinski definition) is 0. The lowest BCUT2D eigenvalue weighted by atomic mass is 9.28. The van der Waals surface area contributed by atoms with Gasteiger partial charge in [-0.15, -0.1) is 0 Å². The lowest BCUT2D eigenvalue weighted by molar-refractivity contribution is -0.219. The minimum absolute atomic E-state index is 0.402. The summed E-state index contributed by atoms with van der Waals surface area (Å²) in [6.07, 6.45) is 4.16. The molecule has 3 saturated carbocycles. The zero-order valence-corrected chi connectivity index (χ0v) is 27.1. The number of hydrogen-bond acceptors (Lipinski definition) is 4. The topological polar surface area (TPSA) is 51.6 Å². The molecule has 0 radical (unpaired) electrons. The number of benzene rings is 5. The van der Waals surface area contributed by atoms with Crippen molar-refractivity contribution in [3.8, 4) is 67.8 Å². The second-order valence-corrected chi connectivity index (χ2v) is 14.0. The van der Waals surface area contributed by atoms with E-state index in [9.17, 15) is 0 Å². The van der Waals surface area contributed by atoms with Crippen molar-refractivity contribution >= 4 is 0 Å². The molecule has 49 heavy (non-hydrogen) atoms. The molecule has 0 N–H and O–H groups in total. The molecular formula is C45H34N4. The first-order valence-electron chi connectivity index (χ1n) is 17.4. The van der Waals surface area contributed by atoms with Crippen LogP contribution in [-0.2, 0) is 5.41 Å². The average Bonchev–Trinajstić information content (AvgIpc) is 3.18. The van der Waals surface area contributed by atoms with Gasteiger partial charge in [0.1, 0.15) is 0 Å². The zero-order valence-electron chi connectivity index (χ0n) is 27.1. The summed E-state index contributed by atoms with van der Waals surface area (Å²) in [4.78, 5) is 20.4. The van der Waals surface area contributed by atoms with E-state index in [0.29, 0.717) is 11.2 Å². The molecule has 2 unspecified atom stereocenters. The van der Waals surface area contributed by atoms with Gasteiger partial charge in [0.05, 0.1) is 22.8 Å². The van der Waals surface area contributed by atoms with Crippen LogP contribution in [-0.4, -0.2) is 19.9 Å². The predicted octanol–water partition coefficient (Wildman–Crippen LogP) is 10.6. The molecule has 2 aromatic heterocycles. The van der Waals surface area contributed by atoms with Gasteiger partial charge in [-0.05, 0) is 66.2 Å². The highest BCUT2D eigenvalue weighted by atomic mass is 14.9. The fourth-order valence-corrected chi connectivity index (χ4v) is 8.92. The van der Waals surface area contributed by atoms with Crippen molar-refractivity contribution in [2.24, 2.45) is 17.8 Å². The van der Waals surface area contributed by atoms with Crippen molar-refractivity contribution < 1.29 is 0 Å². The van der Waals surface area contributed by atoms with E-state index in [1.54, 1.807) is 0 Å². The van der Waals surface area contributed by atoms with Gasteiger partial charge in [0, 0.05) is 33.4 Å². The standard InChI is InChI=1S/C45H34N4/c1-4-11-29(12-5-1)38-25-39(30-13-6-2-7-14-30)47-43(46-38)33-21-19-32(20-22-33)41-26-40(31-15-8-3-9-16-31)48-44(49-41)34-17-10-18-37(24-34)45-27-35-23-36(28-45)42(35)45/h1-22,24-26,35-36,42H,23,27-28H2. The molecule has 0 bridgehead atoms. The third-order valence-corrected chi connectivity index (χ3v) is 11.3. The highest BCUT2D eigenvalue weighted by Crippen LogP contribution is 2.77. The van der Waals surface area contributed by atoms with Crippen molar-refractivity contribution in [3.63, 3.8) is 0 Å². The lowest BCUT2D eigenvalue weighted by Gasteiger charge is -2.76. The highest BCUT2D eigenvalue weighted by Gasteiger charge is 2.71. The van der Waals surface area contributed by atoms with Gasteiger partial charge in [-0.25, -0.2) is 19.9 Å². The first-order chi connectivity index (χ1) is 24.2. The SMILES string of the molecule is c1ccc(-c2cc(-c3ccccc3)nc(-c3ccc(-c4cc(-c5ccccc5)nc(-c5cccc(C67CC8CC(C6)C87)c5)n4)cc3)n2)cc1. The Balaban J connectivity index is 1.04. The maximum absolute atomic E-state index is 5.19. The Kier molecular flexibility index (Phi) is 6.45. The Morgan fingerprint density at radius 1 is 0.388 bits per heavy atom. The molecule has 4 nitrogen and oxygen atoms in total. The number of aromatic nitrogens is 4. The van der Waals surface area contributed by atoms with Gasteiger partial charge in [0.2, 0.25) is 0 Å². The molecule has 10 rings (SSSR count). The van der Waals surface area contributed by atoms with E-state index in [1.807, 2.05) is 42.5 Å². The monoisotopic (exact) mass is 630 g/mol. The molecule has 2 atom stereocenters. The van der Waals surface area contributed by atoms with Crippen LogP contribution in [0.1, 0.15) is 24.8 Å². The van der Waals surface area contributed by atoms with E-state index in [0.717, 1.165) is 79.7 Å². The number of rotatable bonds is 7. The van der Waals surface area contributed by atoms with Crippen LogP contribution in [0.3, 0.4) is 0 Å². The first-order valence-corrected chi connectivity index (χ1v) is 17.4. The van der Waals surface area contributed by atoms with Gasteiger partial charge in [-0.3, -0.25) is 0 Å². The van der Waals surface area contributed by atoms with E-state index in [1.165, 1.54) is 24.8 Å². The summed E-state index contributed by atoms with van der Waals surface area (Å²) < 4.78 is 0. The van der Waals surface area contributed by atoms with Crippen LogP contribution < -0.4 is 0 Å². The maximum Gasteiger partial charge on any atom is 0.160 e. The maximum atomic E-state index is 5.19. The summed E-state index contributed by atoms with van der Waals surface area (Å²) in [5.74, 6) is 4.30. The van der Waals surface area contributed by atoms with E-state index in [-0.39, 0.29) is 0 Å². The predicted molar refractivity (Wildman–Crippen MR) is 196 cm³/mol. The molecule has 0 aliphatic heterocycles. The van der Waals surface area contributed by atoms with E-state index >= 15 is 0 Å². The number of nitrogens with zero attached hydrogens (tertiary/aromatic N) is 4. The molecule has 7 aromatic rings. The second kappa shape index (κ2) is 11.2. The summed E-state index contributed by atoms with van der Waals surface area (Å²) in [6.45, 7) is 0. The van der Waals surface area contributed by atoms with E-state index in [4.69, 9.17) is 19.9 Å². The van der Waals surface area contributed by atoms with Crippen molar-refractivity contribution in [2.45, 2.75) is 24.7 Å². The molecule has 3 aliphatic rings. The van der Waals surface area contributed by atoms with Crippen LogP contribution in [0.15, 0.2) is 152 Å². The van der Waals surface area contributed by atoms with E-state index in [2.05, 4.69) is 109 Å². The molecule has 0 spiro atoms. The van der Waals surface area contributed by atoms with Crippen LogP contribution in [0.5, 0.6) is 0 Å². The highest BCUT2D eigenvalue weighted by molar-refractivity contribution is 5.75. The summed E-state index contributed by atoms with van der Waals surface area (Å²) in [5, 5.41) is 0.